The fourth-order valence-corrected chi connectivity index (χ4v) is 2.78. The number of nitrogens with two attached hydrogens (primary N) is 1. The predicted molar refractivity (Wildman–Crippen MR) is 73.3 cm³/mol. The minimum atomic E-state index is -2.60. The molecule has 20 heavy (non-hydrogen) atoms. The quantitative estimate of drug-likeness (QED) is 0.851. The standard InChI is InChI=1S/C12H12BrF2N5/c1-6-2-9(13)8(3-10(6)16)11-17-19-20(18-11)7-4-12(14,15)5-7/h2-3,7H,4-5,16H2,1H3. The van der Waals surface area contributed by atoms with Crippen molar-refractivity contribution >= 4 is 21.6 Å². The van der Waals surface area contributed by atoms with Crippen LogP contribution in [0.25, 0.3) is 11.4 Å². The van der Waals surface area contributed by atoms with E-state index in [1.54, 1.807) is 6.07 Å². The van der Waals surface area contributed by atoms with Gasteiger partial charge in [-0.25, -0.2) is 8.78 Å². The number of tetrazole rings is 1. The van der Waals surface area contributed by atoms with Crippen LogP contribution in [0.1, 0.15) is 24.4 Å². The maximum absolute atomic E-state index is 12.9. The van der Waals surface area contributed by atoms with Gasteiger partial charge < -0.3 is 5.73 Å². The lowest BCUT2D eigenvalue weighted by molar-refractivity contribution is -0.110. The number of nitrogens with zero attached hydrogens (tertiary/aromatic N) is 4. The van der Waals surface area contributed by atoms with Gasteiger partial charge in [-0.1, -0.05) is 15.9 Å². The molecule has 0 aliphatic heterocycles. The number of anilines is 1. The molecule has 0 saturated heterocycles. The molecule has 2 N–H and O–H groups in total. The third kappa shape index (κ3) is 2.28. The lowest BCUT2D eigenvalue weighted by Gasteiger charge is -2.33. The minimum absolute atomic E-state index is 0.236. The molecule has 1 aromatic heterocycles. The summed E-state index contributed by atoms with van der Waals surface area (Å²) in [5, 5.41) is 11.9. The Kier molecular flexibility index (Phi) is 3.00. The molecule has 0 bridgehead atoms. The third-order valence-corrected chi connectivity index (χ3v) is 4.08. The highest BCUT2D eigenvalue weighted by Gasteiger charge is 2.47. The van der Waals surface area contributed by atoms with Crippen molar-refractivity contribution in [1.29, 1.82) is 0 Å². The van der Waals surface area contributed by atoms with Crippen LogP contribution in [0.4, 0.5) is 14.5 Å². The number of halogens is 3. The zero-order valence-electron chi connectivity index (χ0n) is 10.6. The van der Waals surface area contributed by atoms with Crippen LogP contribution in [-0.2, 0) is 0 Å². The molecule has 0 unspecified atom stereocenters. The molecule has 1 aliphatic rings. The molecule has 1 heterocycles. The van der Waals surface area contributed by atoms with Gasteiger partial charge in [0.05, 0.1) is 6.04 Å². The Balaban J connectivity index is 1.89. The SMILES string of the molecule is Cc1cc(Br)c(-c2nnn(C3CC(F)(F)C3)n2)cc1N. The number of alkyl halides is 2. The van der Waals surface area contributed by atoms with E-state index in [0.29, 0.717) is 17.1 Å². The lowest BCUT2D eigenvalue weighted by atomic mass is 9.89. The van der Waals surface area contributed by atoms with Crippen molar-refractivity contribution in [2.75, 3.05) is 5.73 Å². The monoisotopic (exact) mass is 343 g/mol. The Morgan fingerprint density at radius 2 is 2.10 bits per heavy atom. The van der Waals surface area contributed by atoms with E-state index in [1.165, 1.54) is 4.80 Å². The second kappa shape index (κ2) is 4.47. The number of hydrogen-bond donors (Lipinski definition) is 1. The van der Waals surface area contributed by atoms with Gasteiger partial charge in [-0.3, -0.25) is 0 Å². The molecule has 0 atom stereocenters. The van der Waals surface area contributed by atoms with Crippen molar-refractivity contribution in [3.63, 3.8) is 0 Å². The Hall–Kier alpha value is -1.57. The van der Waals surface area contributed by atoms with E-state index < -0.39 is 5.92 Å². The normalized spacial score (nSPS) is 18.0. The van der Waals surface area contributed by atoms with Crippen molar-refractivity contribution in [2.24, 2.45) is 0 Å². The first-order chi connectivity index (χ1) is 9.35. The molecular formula is C12H12BrF2N5. The van der Waals surface area contributed by atoms with Crippen LogP contribution >= 0.6 is 15.9 Å². The Morgan fingerprint density at radius 1 is 1.40 bits per heavy atom. The molecule has 0 amide bonds. The molecule has 106 valence electrons. The summed E-state index contributed by atoms with van der Waals surface area (Å²) in [5.41, 5.74) is 8.12. The van der Waals surface area contributed by atoms with Gasteiger partial charge in [-0.05, 0) is 29.8 Å². The zero-order valence-corrected chi connectivity index (χ0v) is 12.2. The second-order valence-corrected chi connectivity index (χ2v) is 5.89. The highest BCUT2D eigenvalue weighted by atomic mass is 79.9. The molecule has 1 fully saturated rings. The molecule has 0 radical (unpaired) electrons. The predicted octanol–water partition coefficient (Wildman–Crippen LogP) is 2.96. The number of rotatable bonds is 2. The number of benzene rings is 1. The van der Waals surface area contributed by atoms with Crippen LogP contribution in [0.3, 0.4) is 0 Å². The van der Waals surface area contributed by atoms with E-state index in [9.17, 15) is 8.78 Å². The molecule has 2 aromatic rings. The summed E-state index contributed by atoms with van der Waals surface area (Å²) >= 11 is 3.42. The molecule has 8 heteroatoms. The topological polar surface area (TPSA) is 69.6 Å². The van der Waals surface area contributed by atoms with Gasteiger partial charge in [-0.2, -0.15) is 4.80 Å². The van der Waals surface area contributed by atoms with E-state index in [0.717, 1.165) is 10.0 Å². The molecule has 1 aromatic carbocycles. The van der Waals surface area contributed by atoms with Crippen LogP contribution in [0.2, 0.25) is 0 Å². The fourth-order valence-electron chi connectivity index (χ4n) is 2.14. The molecule has 1 saturated carbocycles. The average molecular weight is 344 g/mol. The number of aromatic nitrogens is 4. The van der Waals surface area contributed by atoms with Gasteiger partial charge >= 0.3 is 0 Å². The largest absolute Gasteiger partial charge is 0.398 e. The van der Waals surface area contributed by atoms with Crippen LogP contribution in [0, 0.1) is 6.92 Å². The fraction of sp³-hybridized carbons (Fsp3) is 0.417. The minimum Gasteiger partial charge on any atom is -0.398 e. The highest BCUT2D eigenvalue weighted by Crippen LogP contribution is 2.44. The maximum Gasteiger partial charge on any atom is 0.252 e. The van der Waals surface area contributed by atoms with Gasteiger partial charge in [0.2, 0.25) is 5.82 Å². The second-order valence-electron chi connectivity index (χ2n) is 5.04. The summed E-state index contributed by atoms with van der Waals surface area (Å²) in [7, 11) is 0. The maximum atomic E-state index is 12.9. The first-order valence-electron chi connectivity index (χ1n) is 6.09. The Morgan fingerprint density at radius 3 is 2.75 bits per heavy atom. The van der Waals surface area contributed by atoms with Gasteiger partial charge in [0.15, 0.2) is 0 Å². The number of aryl methyl sites for hydroxylation is 1. The Bertz CT molecular complexity index is 662. The van der Waals surface area contributed by atoms with E-state index in [-0.39, 0.29) is 18.9 Å². The number of hydrogen-bond acceptors (Lipinski definition) is 4. The van der Waals surface area contributed by atoms with Gasteiger partial charge in [0, 0.05) is 28.6 Å². The molecule has 0 spiro atoms. The van der Waals surface area contributed by atoms with Crippen molar-refractivity contribution in [3.8, 4) is 11.4 Å². The summed E-state index contributed by atoms with van der Waals surface area (Å²) < 4.78 is 26.5. The summed E-state index contributed by atoms with van der Waals surface area (Å²) in [6.45, 7) is 1.89. The van der Waals surface area contributed by atoms with E-state index in [4.69, 9.17) is 5.73 Å². The van der Waals surface area contributed by atoms with Crippen LogP contribution in [0.5, 0.6) is 0 Å². The summed E-state index contributed by atoms with van der Waals surface area (Å²) in [6, 6.07) is 3.23. The zero-order chi connectivity index (χ0) is 14.5. The molecule has 1 aliphatic carbocycles. The smallest absolute Gasteiger partial charge is 0.252 e. The van der Waals surface area contributed by atoms with E-state index in [2.05, 4.69) is 31.3 Å². The van der Waals surface area contributed by atoms with Crippen LogP contribution in [0.15, 0.2) is 16.6 Å². The van der Waals surface area contributed by atoms with Crippen molar-refractivity contribution in [3.05, 3.63) is 22.2 Å². The molecular weight excluding hydrogens is 332 g/mol. The van der Waals surface area contributed by atoms with Gasteiger partial charge in [-0.15, -0.1) is 10.2 Å². The first-order valence-corrected chi connectivity index (χ1v) is 6.88. The molecule has 5 nitrogen and oxygen atoms in total. The van der Waals surface area contributed by atoms with Crippen LogP contribution < -0.4 is 5.73 Å². The van der Waals surface area contributed by atoms with Crippen molar-refractivity contribution in [2.45, 2.75) is 31.7 Å². The molecule has 3 rings (SSSR count). The van der Waals surface area contributed by atoms with Crippen LogP contribution in [-0.4, -0.2) is 26.1 Å². The third-order valence-electron chi connectivity index (χ3n) is 3.42. The average Bonchev–Trinajstić information content (AvgIpc) is 2.79. The van der Waals surface area contributed by atoms with Gasteiger partial charge in [0.25, 0.3) is 5.92 Å². The highest BCUT2D eigenvalue weighted by molar-refractivity contribution is 9.10. The Labute approximate surface area is 122 Å². The van der Waals surface area contributed by atoms with Gasteiger partial charge in [0.1, 0.15) is 0 Å². The van der Waals surface area contributed by atoms with Crippen molar-refractivity contribution in [1.82, 2.24) is 20.2 Å². The summed E-state index contributed by atoms with van der Waals surface area (Å²) in [5.74, 6) is -2.23. The number of nitrogen functional groups attached to an aromatic ring is 1. The van der Waals surface area contributed by atoms with Crippen molar-refractivity contribution < 1.29 is 8.78 Å². The van der Waals surface area contributed by atoms with E-state index in [1.807, 2.05) is 13.0 Å². The summed E-state index contributed by atoms with van der Waals surface area (Å²) in [4.78, 5) is 1.26. The first kappa shape index (κ1) is 13.4. The van der Waals surface area contributed by atoms with E-state index >= 15 is 0 Å². The lowest BCUT2D eigenvalue weighted by Crippen LogP contribution is -2.38. The summed E-state index contributed by atoms with van der Waals surface area (Å²) in [6.07, 6.45) is -0.472.